The predicted octanol–water partition coefficient (Wildman–Crippen LogP) is 4.82. The Balaban J connectivity index is 1.50. The van der Waals surface area contributed by atoms with Gasteiger partial charge in [0, 0.05) is 5.75 Å². The molecule has 1 aliphatic carbocycles. The molecule has 2 aromatic rings. The highest BCUT2D eigenvalue weighted by molar-refractivity contribution is 7.99. The number of amides is 1. The van der Waals surface area contributed by atoms with Crippen LogP contribution in [0, 0.1) is 5.82 Å². The molecule has 4 heteroatoms. The molecular weight excluding hydrogens is 333 g/mol. The number of halogens is 1. The zero-order chi connectivity index (χ0) is 17.6. The van der Waals surface area contributed by atoms with E-state index in [1.807, 2.05) is 13.0 Å². The standard InChI is InChI=1S/C21H24FNOS/c1-15(17-11-10-16-6-2-3-7-18(16)12-17)23-21(24)14-25-13-19-8-4-5-9-20(19)22/h4-5,8-12,15H,2-3,6-7,13-14H2,1H3,(H,23,24). The molecule has 1 atom stereocenters. The summed E-state index contributed by atoms with van der Waals surface area (Å²) < 4.78 is 13.6. The van der Waals surface area contributed by atoms with Crippen LogP contribution in [-0.2, 0) is 23.4 Å². The number of carbonyl (C=O) groups excluding carboxylic acids is 1. The summed E-state index contributed by atoms with van der Waals surface area (Å²) in [5.74, 6) is 0.626. The Morgan fingerprint density at radius 3 is 2.72 bits per heavy atom. The number of carbonyl (C=O) groups is 1. The van der Waals surface area contributed by atoms with E-state index in [0.29, 0.717) is 17.1 Å². The van der Waals surface area contributed by atoms with Crippen molar-refractivity contribution >= 4 is 17.7 Å². The maximum atomic E-state index is 13.6. The van der Waals surface area contributed by atoms with Gasteiger partial charge in [0.05, 0.1) is 11.8 Å². The number of nitrogens with one attached hydrogen (secondary N) is 1. The number of aryl methyl sites for hydroxylation is 2. The summed E-state index contributed by atoms with van der Waals surface area (Å²) in [6.45, 7) is 2.02. The van der Waals surface area contributed by atoms with E-state index in [9.17, 15) is 9.18 Å². The Kier molecular flexibility index (Phi) is 6.14. The lowest BCUT2D eigenvalue weighted by atomic mass is 9.89. The molecule has 0 heterocycles. The van der Waals surface area contributed by atoms with Crippen molar-refractivity contribution in [1.82, 2.24) is 5.32 Å². The van der Waals surface area contributed by atoms with Gasteiger partial charge in [-0.2, -0.15) is 0 Å². The minimum absolute atomic E-state index is 0.00575. The van der Waals surface area contributed by atoms with Crippen LogP contribution in [-0.4, -0.2) is 11.7 Å². The summed E-state index contributed by atoms with van der Waals surface area (Å²) in [5, 5.41) is 3.05. The van der Waals surface area contributed by atoms with Gasteiger partial charge in [-0.05, 0) is 60.9 Å². The van der Waals surface area contributed by atoms with Crippen molar-refractivity contribution in [1.29, 1.82) is 0 Å². The number of hydrogen-bond acceptors (Lipinski definition) is 2. The number of thioether (sulfide) groups is 1. The van der Waals surface area contributed by atoms with Crippen molar-refractivity contribution < 1.29 is 9.18 Å². The van der Waals surface area contributed by atoms with Gasteiger partial charge in [-0.25, -0.2) is 4.39 Å². The Labute approximate surface area is 153 Å². The van der Waals surface area contributed by atoms with Crippen molar-refractivity contribution in [2.45, 2.75) is 44.4 Å². The van der Waals surface area contributed by atoms with Crippen molar-refractivity contribution in [3.63, 3.8) is 0 Å². The molecule has 0 aromatic heterocycles. The molecule has 2 nitrogen and oxygen atoms in total. The normalized spacial score (nSPS) is 14.6. The first-order chi connectivity index (χ1) is 12.1. The van der Waals surface area contributed by atoms with Crippen LogP contribution in [0.4, 0.5) is 4.39 Å². The summed E-state index contributed by atoms with van der Waals surface area (Å²) in [6, 6.07) is 13.3. The largest absolute Gasteiger partial charge is 0.349 e. The van der Waals surface area contributed by atoms with Crippen LogP contribution in [0.1, 0.15) is 48.1 Å². The zero-order valence-corrected chi connectivity index (χ0v) is 15.4. The van der Waals surface area contributed by atoms with Gasteiger partial charge in [-0.3, -0.25) is 4.79 Å². The molecule has 0 saturated heterocycles. The molecule has 0 spiro atoms. The SMILES string of the molecule is CC(NC(=O)CSCc1ccccc1F)c1ccc2c(c1)CCCC2. The van der Waals surface area contributed by atoms with E-state index in [2.05, 4.69) is 23.5 Å². The van der Waals surface area contributed by atoms with Crippen LogP contribution >= 0.6 is 11.8 Å². The van der Waals surface area contributed by atoms with E-state index >= 15 is 0 Å². The molecule has 0 saturated carbocycles. The summed E-state index contributed by atoms with van der Waals surface area (Å²) in [6.07, 6.45) is 4.84. The van der Waals surface area contributed by atoms with Gasteiger partial charge in [0.1, 0.15) is 5.82 Å². The molecule has 3 rings (SSSR count). The molecule has 1 amide bonds. The number of hydrogen-bond donors (Lipinski definition) is 1. The Morgan fingerprint density at radius 2 is 1.92 bits per heavy atom. The van der Waals surface area contributed by atoms with E-state index in [0.717, 1.165) is 12.0 Å². The molecule has 2 aromatic carbocycles. The average Bonchev–Trinajstić information content (AvgIpc) is 2.63. The van der Waals surface area contributed by atoms with Gasteiger partial charge >= 0.3 is 0 Å². The summed E-state index contributed by atoms with van der Waals surface area (Å²) >= 11 is 1.44. The number of rotatable bonds is 6. The third-order valence-electron chi connectivity index (χ3n) is 4.70. The molecular formula is C21H24FNOS. The second-order valence-electron chi connectivity index (χ2n) is 6.61. The first-order valence-electron chi connectivity index (χ1n) is 8.85. The first-order valence-corrected chi connectivity index (χ1v) is 10.0. The maximum Gasteiger partial charge on any atom is 0.230 e. The maximum absolute atomic E-state index is 13.6. The Bertz CT molecular complexity index is 746. The van der Waals surface area contributed by atoms with Crippen molar-refractivity contribution in [2.24, 2.45) is 0 Å². The first kappa shape index (κ1) is 18.0. The highest BCUT2D eigenvalue weighted by atomic mass is 32.2. The Morgan fingerprint density at radius 1 is 1.16 bits per heavy atom. The van der Waals surface area contributed by atoms with Gasteiger partial charge in [0.25, 0.3) is 0 Å². The lowest BCUT2D eigenvalue weighted by Crippen LogP contribution is -2.28. The van der Waals surface area contributed by atoms with Gasteiger partial charge in [0.15, 0.2) is 0 Å². The van der Waals surface area contributed by atoms with Gasteiger partial charge in [-0.15, -0.1) is 11.8 Å². The van der Waals surface area contributed by atoms with E-state index in [1.165, 1.54) is 48.2 Å². The van der Waals surface area contributed by atoms with E-state index in [1.54, 1.807) is 12.1 Å². The molecule has 1 unspecified atom stereocenters. The quantitative estimate of drug-likeness (QED) is 0.803. The smallest absolute Gasteiger partial charge is 0.230 e. The highest BCUT2D eigenvalue weighted by Crippen LogP contribution is 2.25. The van der Waals surface area contributed by atoms with Crippen LogP contribution in [0.2, 0.25) is 0 Å². The predicted molar refractivity (Wildman–Crippen MR) is 102 cm³/mol. The van der Waals surface area contributed by atoms with Crippen molar-refractivity contribution in [3.8, 4) is 0 Å². The van der Waals surface area contributed by atoms with Crippen LogP contribution in [0.3, 0.4) is 0 Å². The van der Waals surface area contributed by atoms with E-state index in [4.69, 9.17) is 0 Å². The van der Waals surface area contributed by atoms with Crippen molar-refractivity contribution in [2.75, 3.05) is 5.75 Å². The fraction of sp³-hybridized carbons (Fsp3) is 0.381. The lowest BCUT2D eigenvalue weighted by molar-refractivity contribution is -0.119. The molecule has 0 fully saturated rings. The fourth-order valence-electron chi connectivity index (χ4n) is 3.26. The van der Waals surface area contributed by atoms with Crippen LogP contribution in [0.15, 0.2) is 42.5 Å². The van der Waals surface area contributed by atoms with Gasteiger partial charge in [0.2, 0.25) is 5.91 Å². The van der Waals surface area contributed by atoms with Gasteiger partial charge in [-0.1, -0.05) is 36.4 Å². The number of fused-ring (bicyclic) bond motifs is 1. The number of benzene rings is 2. The molecule has 25 heavy (non-hydrogen) atoms. The van der Waals surface area contributed by atoms with E-state index in [-0.39, 0.29) is 17.8 Å². The minimum atomic E-state index is -0.210. The monoisotopic (exact) mass is 357 g/mol. The zero-order valence-electron chi connectivity index (χ0n) is 14.6. The minimum Gasteiger partial charge on any atom is -0.349 e. The van der Waals surface area contributed by atoms with Crippen LogP contribution in [0.25, 0.3) is 0 Å². The highest BCUT2D eigenvalue weighted by Gasteiger charge is 2.14. The molecule has 0 radical (unpaired) electrons. The molecule has 0 bridgehead atoms. The fourth-order valence-corrected chi connectivity index (χ4v) is 4.08. The third-order valence-corrected chi connectivity index (χ3v) is 5.68. The van der Waals surface area contributed by atoms with E-state index < -0.39 is 0 Å². The summed E-state index contributed by atoms with van der Waals surface area (Å²) in [5.41, 5.74) is 4.68. The van der Waals surface area contributed by atoms with Crippen molar-refractivity contribution in [3.05, 3.63) is 70.5 Å². The second kappa shape index (κ2) is 8.52. The molecule has 1 aliphatic rings. The molecule has 1 N–H and O–H groups in total. The topological polar surface area (TPSA) is 29.1 Å². The summed E-state index contributed by atoms with van der Waals surface area (Å²) in [4.78, 5) is 12.2. The second-order valence-corrected chi connectivity index (χ2v) is 7.59. The molecule has 132 valence electrons. The van der Waals surface area contributed by atoms with Crippen LogP contribution in [0.5, 0.6) is 0 Å². The van der Waals surface area contributed by atoms with Gasteiger partial charge < -0.3 is 5.32 Å². The average molecular weight is 357 g/mol. The Hall–Kier alpha value is -1.81. The van der Waals surface area contributed by atoms with Crippen LogP contribution < -0.4 is 5.32 Å². The third kappa shape index (κ3) is 4.85. The molecule has 0 aliphatic heterocycles. The lowest BCUT2D eigenvalue weighted by Gasteiger charge is -2.20. The summed E-state index contributed by atoms with van der Waals surface area (Å²) in [7, 11) is 0.